The molecule has 0 radical (unpaired) electrons. The van der Waals surface area contributed by atoms with Gasteiger partial charge in [0.15, 0.2) is 12.1 Å². The van der Waals surface area contributed by atoms with E-state index in [2.05, 4.69) is 60.4 Å². The van der Waals surface area contributed by atoms with Crippen LogP contribution in [-0.2, 0) is 14.4 Å². The van der Waals surface area contributed by atoms with E-state index in [4.69, 9.17) is 5.10 Å². The number of hydrogen-bond donors (Lipinski definition) is 0. The van der Waals surface area contributed by atoms with E-state index in [1.54, 1.807) is 17.1 Å². The van der Waals surface area contributed by atoms with Crippen LogP contribution in [0.5, 0.6) is 0 Å². The molecule has 4 aliphatic rings. The number of benzene rings is 3. The van der Waals surface area contributed by atoms with Gasteiger partial charge >= 0.3 is 0 Å². The zero-order valence-corrected chi connectivity index (χ0v) is 27.0. The van der Waals surface area contributed by atoms with Crippen LogP contribution in [0.3, 0.4) is 0 Å². The standard InChI is InChI=1S/C33H28Br2N6O3/c1-19-5-15-25(16-6-19)40-32(43)29-31(33(40)44)39(38-36-29)18-27(42)41-30(21-9-13-24(35)14-10-21)26-4-2-3-22(28(26)37-41)17-20-7-11-23(34)12-8-20/h5-17,26,29-31H,2-4,18H2,1H3. The van der Waals surface area contributed by atoms with E-state index < -0.39 is 23.9 Å². The molecule has 2 fully saturated rings. The Hall–Kier alpha value is -3.96. The number of hydrogen-bond acceptors (Lipinski definition) is 7. The summed E-state index contributed by atoms with van der Waals surface area (Å²) in [5, 5.41) is 16.1. The molecular weight excluding hydrogens is 688 g/mol. The number of rotatable bonds is 5. The number of imide groups is 1. The number of carbonyl (C=O) groups excluding carboxylic acids is 3. The Balaban J connectivity index is 1.18. The summed E-state index contributed by atoms with van der Waals surface area (Å²) in [7, 11) is 0. The molecule has 7 rings (SSSR count). The third-order valence-electron chi connectivity index (χ3n) is 8.63. The van der Waals surface area contributed by atoms with Crippen LogP contribution in [0.1, 0.15) is 42.0 Å². The second kappa shape index (κ2) is 11.5. The van der Waals surface area contributed by atoms with Gasteiger partial charge in [-0.25, -0.2) is 9.91 Å². The fourth-order valence-electron chi connectivity index (χ4n) is 6.47. The Kier molecular flexibility index (Phi) is 7.54. The Morgan fingerprint density at radius 1 is 0.909 bits per heavy atom. The lowest BCUT2D eigenvalue weighted by molar-refractivity contribution is -0.136. The molecule has 1 saturated carbocycles. The number of nitrogens with zero attached hydrogens (tertiary/aromatic N) is 6. The highest BCUT2D eigenvalue weighted by Crippen LogP contribution is 2.45. The molecule has 3 aromatic rings. The molecule has 0 bridgehead atoms. The van der Waals surface area contributed by atoms with Gasteiger partial charge in [0.2, 0.25) is 0 Å². The average Bonchev–Trinajstić information content (AvgIpc) is 3.69. The van der Waals surface area contributed by atoms with Crippen molar-refractivity contribution in [2.24, 2.45) is 21.4 Å². The van der Waals surface area contributed by atoms with Gasteiger partial charge in [0.1, 0.15) is 6.54 Å². The van der Waals surface area contributed by atoms with Gasteiger partial charge in [0.05, 0.1) is 17.4 Å². The van der Waals surface area contributed by atoms with Crippen LogP contribution in [0.15, 0.2) is 103 Å². The lowest BCUT2D eigenvalue weighted by Crippen LogP contribution is -2.45. The van der Waals surface area contributed by atoms with Crippen LogP contribution >= 0.6 is 31.9 Å². The number of aryl methyl sites for hydroxylation is 1. The smallest absolute Gasteiger partial charge is 0.264 e. The Morgan fingerprint density at radius 2 is 1.59 bits per heavy atom. The van der Waals surface area contributed by atoms with Crippen LogP contribution in [0.2, 0.25) is 0 Å². The molecule has 0 N–H and O–H groups in total. The zero-order valence-electron chi connectivity index (χ0n) is 23.8. The van der Waals surface area contributed by atoms with Gasteiger partial charge in [-0.05, 0) is 85.4 Å². The second-order valence-corrected chi connectivity index (χ2v) is 13.3. The molecule has 3 amide bonds. The Morgan fingerprint density at radius 3 is 2.30 bits per heavy atom. The normalized spacial score (nSPS) is 25.1. The van der Waals surface area contributed by atoms with E-state index >= 15 is 0 Å². The number of amides is 3. The quantitative estimate of drug-likeness (QED) is 0.277. The van der Waals surface area contributed by atoms with Crippen molar-refractivity contribution in [2.75, 3.05) is 11.4 Å². The van der Waals surface area contributed by atoms with E-state index in [9.17, 15) is 14.4 Å². The van der Waals surface area contributed by atoms with Crippen molar-refractivity contribution in [1.82, 2.24) is 10.0 Å². The van der Waals surface area contributed by atoms with Crippen LogP contribution in [0, 0.1) is 12.8 Å². The maximum atomic E-state index is 14.1. The van der Waals surface area contributed by atoms with Crippen molar-refractivity contribution in [3.8, 4) is 0 Å². The molecule has 3 heterocycles. The summed E-state index contributed by atoms with van der Waals surface area (Å²) < 4.78 is 1.96. The van der Waals surface area contributed by atoms with Gasteiger partial charge in [-0.2, -0.15) is 10.2 Å². The molecule has 3 aromatic carbocycles. The van der Waals surface area contributed by atoms with Gasteiger partial charge < -0.3 is 0 Å². The average molecular weight is 716 g/mol. The number of halogens is 2. The lowest BCUT2D eigenvalue weighted by Gasteiger charge is -2.30. The van der Waals surface area contributed by atoms with E-state index in [0.29, 0.717) is 5.69 Å². The fourth-order valence-corrected chi connectivity index (χ4v) is 7.00. The van der Waals surface area contributed by atoms with Crippen molar-refractivity contribution >= 4 is 67.1 Å². The van der Waals surface area contributed by atoms with Crippen LogP contribution in [-0.4, -0.2) is 52.1 Å². The molecule has 3 aliphatic heterocycles. The van der Waals surface area contributed by atoms with Crippen molar-refractivity contribution in [3.05, 3.63) is 104 Å². The first-order valence-electron chi connectivity index (χ1n) is 14.5. The monoisotopic (exact) mass is 714 g/mol. The molecule has 222 valence electrons. The topological polar surface area (TPSA) is 98.0 Å². The minimum Gasteiger partial charge on any atom is -0.271 e. The Labute approximate surface area is 271 Å². The van der Waals surface area contributed by atoms with Gasteiger partial charge in [0, 0.05) is 14.9 Å². The van der Waals surface area contributed by atoms with E-state index in [-0.39, 0.29) is 24.4 Å². The minimum absolute atomic E-state index is 0.0234. The van der Waals surface area contributed by atoms with E-state index in [0.717, 1.165) is 61.1 Å². The highest BCUT2D eigenvalue weighted by molar-refractivity contribution is 9.10. The van der Waals surface area contributed by atoms with Gasteiger partial charge in [-0.3, -0.25) is 19.4 Å². The Bertz CT molecular complexity index is 1740. The first-order valence-corrected chi connectivity index (χ1v) is 16.1. The number of carbonyl (C=O) groups is 3. The summed E-state index contributed by atoms with van der Waals surface area (Å²) >= 11 is 7.03. The predicted octanol–water partition coefficient (Wildman–Crippen LogP) is 6.64. The SMILES string of the molecule is Cc1ccc(N2C(=O)C3N=NN(CC(=O)N4N=C5C(=Cc6ccc(Br)cc6)CCCC5C4c4ccc(Br)cc4)C3C2=O)cc1. The summed E-state index contributed by atoms with van der Waals surface area (Å²) in [6.45, 7) is 1.71. The van der Waals surface area contributed by atoms with Crippen molar-refractivity contribution in [3.63, 3.8) is 0 Å². The third kappa shape index (κ3) is 5.11. The highest BCUT2D eigenvalue weighted by Gasteiger charge is 2.55. The largest absolute Gasteiger partial charge is 0.271 e. The first-order chi connectivity index (χ1) is 21.3. The molecule has 1 saturated heterocycles. The molecule has 9 nitrogen and oxygen atoms in total. The maximum absolute atomic E-state index is 14.1. The number of fused-ring (bicyclic) bond motifs is 2. The maximum Gasteiger partial charge on any atom is 0.264 e. The molecule has 0 spiro atoms. The molecule has 4 atom stereocenters. The number of hydrazone groups is 1. The highest BCUT2D eigenvalue weighted by atomic mass is 79.9. The van der Waals surface area contributed by atoms with Crippen LogP contribution in [0.4, 0.5) is 5.69 Å². The fraction of sp³-hybridized carbons (Fsp3) is 0.273. The third-order valence-corrected chi connectivity index (χ3v) is 9.68. The number of allylic oxidation sites excluding steroid dienone is 1. The van der Waals surface area contributed by atoms with Crippen molar-refractivity contribution in [1.29, 1.82) is 0 Å². The summed E-state index contributed by atoms with van der Waals surface area (Å²) in [5.74, 6) is -1.16. The molecule has 44 heavy (non-hydrogen) atoms. The minimum atomic E-state index is -0.980. The second-order valence-electron chi connectivity index (χ2n) is 11.5. The van der Waals surface area contributed by atoms with Crippen LogP contribution < -0.4 is 4.90 Å². The van der Waals surface area contributed by atoms with Gasteiger partial charge in [-0.15, -0.1) is 0 Å². The van der Waals surface area contributed by atoms with Crippen LogP contribution in [0.25, 0.3) is 6.08 Å². The van der Waals surface area contributed by atoms with Gasteiger partial charge in [0.25, 0.3) is 17.7 Å². The summed E-state index contributed by atoms with van der Waals surface area (Å²) in [6.07, 6.45) is 4.91. The summed E-state index contributed by atoms with van der Waals surface area (Å²) in [5.41, 5.74) is 5.59. The molecule has 0 aromatic heterocycles. The first kappa shape index (κ1) is 28.8. The van der Waals surface area contributed by atoms with Crippen molar-refractivity contribution in [2.45, 2.75) is 44.3 Å². The molecule has 1 aliphatic carbocycles. The lowest BCUT2D eigenvalue weighted by atomic mass is 9.77. The molecule has 11 heteroatoms. The summed E-state index contributed by atoms with van der Waals surface area (Å²) in [6, 6.07) is 21.0. The number of anilines is 1. The van der Waals surface area contributed by atoms with Gasteiger partial charge in [-0.1, -0.05) is 79.0 Å². The summed E-state index contributed by atoms with van der Waals surface area (Å²) in [4.78, 5) is 42.0. The molecule has 4 unspecified atom stereocenters. The van der Waals surface area contributed by atoms with Crippen molar-refractivity contribution < 1.29 is 14.4 Å². The van der Waals surface area contributed by atoms with E-state index in [1.807, 2.05) is 55.5 Å². The predicted molar refractivity (Wildman–Crippen MR) is 173 cm³/mol. The zero-order chi connectivity index (χ0) is 30.5. The van der Waals surface area contributed by atoms with E-state index in [1.165, 1.54) is 5.01 Å². The molecular formula is C33H28Br2N6O3.